The Hall–Kier alpha value is -3.22. The van der Waals surface area contributed by atoms with Crippen LogP contribution in [0.15, 0.2) is 42.5 Å². The third-order valence-corrected chi connectivity index (χ3v) is 6.85. The van der Waals surface area contributed by atoms with Gasteiger partial charge in [0.1, 0.15) is 17.6 Å². The molecule has 0 aliphatic carbocycles. The summed E-state index contributed by atoms with van der Waals surface area (Å²) >= 11 is 0. The Bertz CT molecular complexity index is 1020. The summed E-state index contributed by atoms with van der Waals surface area (Å²) in [7, 11) is 0. The Morgan fingerprint density at radius 2 is 1.83 bits per heavy atom. The molecule has 4 rings (SSSR count). The summed E-state index contributed by atoms with van der Waals surface area (Å²) in [5.74, 6) is 1.66. The highest BCUT2D eigenvalue weighted by Crippen LogP contribution is 2.36. The number of hydrogen-bond acceptors (Lipinski definition) is 4. The number of piperidine rings is 1. The third-order valence-electron chi connectivity index (χ3n) is 6.85. The maximum atomic E-state index is 13.4. The molecule has 35 heavy (non-hydrogen) atoms. The number of carbonyl (C=O) groups is 2. The monoisotopic (exact) mass is 479 g/mol. The highest BCUT2D eigenvalue weighted by molar-refractivity contribution is 5.94. The van der Waals surface area contributed by atoms with Gasteiger partial charge in [0.05, 0.1) is 18.8 Å². The van der Waals surface area contributed by atoms with Gasteiger partial charge in [-0.1, -0.05) is 25.1 Å². The molecule has 2 aliphatic heterocycles. The Kier molecular flexibility index (Phi) is 8.16. The number of fused-ring (bicyclic) bond motifs is 1. The lowest BCUT2D eigenvalue weighted by Gasteiger charge is -2.39. The molecule has 3 amide bonds. The van der Waals surface area contributed by atoms with E-state index in [1.54, 1.807) is 0 Å². The molecule has 188 valence electrons. The molecular weight excluding hydrogens is 442 g/mol. The van der Waals surface area contributed by atoms with Gasteiger partial charge in [-0.05, 0) is 74.9 Å². The molecule has 7 heteroatoms. The van der Waals surface area contributed by atoms with E-state index in [0.717, 1.165) is 35.6 Å². The predicted molar refractivity (Wildman–Crippen MR) is 137 cm³/mol. The zero-order chi connectivity index (χ0) is 24.8. The zero-order valence-electron chi connectivity index (χ0n) is 21.1. The van der Waals surface area contributed by atoms with E-state index in [2.05, 4.69) is 12.2 Å². The van der Waals surface area contributed by atoms with Crippen LogP contribution in [0.2, 0.25) is 0 Å². The number of carbonyl (C=O) groups excluding carboxylic acids is 2. The fraction of sp³-hybridized carbons (Fsp3) is 0.500. The van der Waals surface area contributed by atoms with Crippen LogP contribution in [0.25, 0.3) is 0 Å². The number of hydrogen-bond donors (Lipinski definition) is 1. The molecule has 0 spiro atoms. The second kappa shape index (κ2) is 11.5. The van der Waals surface area contributed by atoms with Gasteiger partial charge >= 0.3 is 6.03 Å². The number of aryl methyl sites for hydroxylation is 1. The maximum Gasteiger partial charge on any atom is 0.324 e. The first-order valence-electron chi connectivity index (χ1n) is 12.8. The van der Waals surface area contributed by atoms with Gasteiger partial charge in [0.2, 0.25) is 5.91 Å². The number of nitrogens with one attached hydrogen (secondary N) is 1. The molecule has 7 nitrogen and oxygen atoms in total. The standard InChI is InChI=1S/C28H37N3O4/c1-4-23-19-31(25-18-20(3)6-11-26(25)35-23)28(33)30-16-13-22(14-17-30)27(32)29-15-12-21-7-9-24(10-8-21)34-5-2/h6-11,18,22-23H,4-5,12-17,19H2,1-3H3,(H,29,32)/t23-/m1/s1. The predicted octanol–water partition coefficient (Wildman–Crippen LogP) is 4.56. The van der Waals surface area contributed by atoms with Crippen molar-refractivity contribution >= 4 is 17.6 Å². The molecule has 2 heterocycles. The van der Waals surface area contributed by atoms with Gasteiger partial charge < -0.3 is 19.7 Å². The smallest absolute Gasteiger partial charge is 0.324 e. The fourth-order valence-electron chi connectivity index (χ4n) is 4.75. The van der Waals surface area contributed by atoms with Crippen molar-refractivity contribution in [3.8, 4) is 11.5 Å². The number of anilines is 1. The molecule has 1 fully saturated rings. The van der Waals surface area contributed by atoms with Crippen LogP contribution in [0.5, 0.6) is 11.5 Å². The molecule has 2 aromatic rings. The number of urea groups is 1. The molecule has 0 aromatic heterocycles. The van der Waals surface area contributed by atoms with Gasteiger partial charge in [-0.25, -0.2) is 4.79 Å². The summed E-state index contributed by atoms with van der Waals surface area (Å²) in [5.41, 5.74) is 3.11. The van der Waals surface area contributed by atoms with E-state index < -0.39 is 0 Å². The molecule has 0 unspecified atom stereocenters. The number of likely N-dealkylation sites (tertiary alicyclic amines) is 1. The zero-order valence-corrected chi connectivity index (χ0v) is 21.1. The van der Waals surface area contributed by atoms with Crippen LogP contribution in [-0.2, 0) is 11.2 Å². The van der Waals surface area contributed by atoms with E-state index in [4.69, 9.17) is 9.47 Å². The second-order valence-electron chi connectivity index (χ2n) is 9.39. The van der Waals surface area contributed by atoms with Gasteiger partial charge in [0.25, 0.3) is 0 Å². The Morgan fingerprint density at radius 1 is 1.09 bits per heavy atom. The van der Waals surface area contributed by atoms with Crippen LogP contribution in [0.1, 0.15) is 44.2 Å². The number of rotatable bonds is 7. The van der Waals surface area contributed by atoms with Gasteiger partial charge in [-0.2, -0.15) is 0 Å². The molecule has 0 saturated carbocycles. The highest BCUT2D eigenvalue weighted by atomic mass is 16.5. The fourth-order valence-corrected chi connectivity index (χ4v) is 4.75. The van der Waals surface area contributed by atoms with E-state index in [0.29, 0.717) is 45.6 Å². The average Bonchev–Trinajstić information content (AvgIpc) is 2.89. The first kappa shape index (κ1) is 24.9. The van der Waals surface area contributed by atoms with Crippen LogP contribution in [-0.4, -0.2) is 55.7 Å². The van der Waals surface area contributed by atoms with E-state index >= 15 is 0 Å². The van der Waals surface area contributed by atoms with Crippen molar-refractivity contribution in [1.82, 2.24) is 10.2 Å². The lowest BCUT2D eigenvalue weighted by molar-refractivity contribution is -0.126. The van der Waals surface area contributed by atoms with Crippen molar-refractivity contribution in [2.24, 2.45) is 5.92 Å². The van der Waals surface area contributed by atoms with Gasteiger partial charge in [0.15, 0.2) is 0 Å². The van der Waals surface area contributed by atoms with Gasteiger partial charge in [-0.15, -0.1) is 0 Å². The summed E-state index contributed by atoms with van der Waals surface area (Å²) in [6.07, 6.45) is 2.99. The second-order valence-corrected chi connectivity index (χ2v) is 9.39. The molecule has 0 radical (unpaired) electrons. The van der Waals surface area contributed by atoms with Crippen molar-refractivity contribution in [1.29, 1.82) is 0 Å². The summed E-state index contributed by atoms with van der Waals surface area (Å²) in [4.78, 5) is 29.9. The number of amides is 3. The van der Waals surface area contributed by atoms with Crippen LogP contribution in [0, 0.1) is 12.8 Å². The molecule has 2 aromatic carbocycles. The van der Waals surface area contributed by atoms with Gasteiger partial charge in [-0.3, -0.25) is 9.69 Å². The molecule has 2 aliphatic rings. The number of nitrogens with zero attached hydrogens (tertiary/aromatic N) is 2. The third kappa shape index (κ3) is 6.08. The summed E-state index contributed by atoms with van der Waals surface area (Å²) in [5, 5.41) is 3.08. The van der Waals surface area contributed by atoms with Crippen molar-refractivity contribution in [3.63, 3.8) is 0 Å². The molecule has 1 saturated heterocycles. The Labute approximate surface area is 208 Å². The maximum absolute atomic E-state index is 13.4. The Morgan fingerprint density at radius 3 is 2.51 bits per heavy atom. The normalized spacial score (nSPS) is 18.0. The van der Waals surface area contributed by atoms with Crippen LogP contribution < -0.4 is 19.7 Å². The summed E-state index contributed by atoms with van der Waals surface area (Å²) in [6, 6.07) is 14.0. The average molecular weight is 480 g/mol. The number of ether oxygens (including phenoxy) is 2. The van der Waals surface area contributed by atoms with Gasteiger partial charge in [0, 0.05) is 25.6 Å². The number of benzene rings is 2. The highest BCUT2D eigenvalue weighted by Gasteiger charge is 2.34. The van der Waals surface area contributed by atoms with Crippen LogP contribution in [0.4, 0.5) is 10.5 Å². The molecule has 1 atom stereocenters. The van der Waals surface area contributed by atoms with Crippen LogP contribution in [0.3, 0.4) is 0 Å². The van der Waals surface area contributed by atoms with E-state index in [9.17, 15) is 9.59 Å². The van der Waals surface area contributed by atoms with E-state index in [-0.39, 0.29) is 24.0 Å². The lowest BCUT2D eigenvalue weighted by atomic mass is 9.96. The minimum absolute atomic E-state index is 0.00662. The topological polar surface area (TPSA) is 71.1 Å². The first-order valence-corrected chi connectivity index (χ1v) is 12.8. The summed E-state index contributed by atoms with van der Waals surface area (Å²) < 4.78 is 11.5. The van der Waals surface area contributed by atoms with Crippen molar-refractivity contribution in [2.45, 2.75) is 52.6 Å². The quantitative estimate of drug-likeness (QED) is 0.632. The van der Waals surface area contributed by atoms with E-state index in [1.807, 2.05) is 66.1 Å². The molecule has 0 bridgehead atoms. The Balaban J connectivity index is 1.27. The molecular formula is C28H37N3O4. The van der Waals surface area contributed by atoms with E-state index in [1.165, 1.54) is 5.56 Å². The van der Waals surface area contributed by atoms with Crippen molar-refractivity contribution < 1.29 is 19.1 Å². The van der Waals surface area contributed by atoms with Crippen LogP contribution >= 0.6 is 0 Å². The largest absolute Gasteiger partial charge is 0.494 e. The first-order chi connectivity index (χ1) is 17.0. The SMILES string of the molecule is CCOc1ccc(CCNC(=O)C2CCN(C(=O)N3C[C@@H](CC)Oc4ccc(C)cc43)CC2)cc1. The molecule has 1 N–H and O–H groups in total. The summed E-state index contributed by atoms with van der Waals surface area (Å²) in [6.45, 7) is 9.05. The minimum atomic E-state index is -0.0537. The lowest BCUT2D eigenvalue weighted by Crippen LogP contribution is -2.52. The minimum Gasteiger partial charge on any atom is -0.494 e. The van der Waals surface area contributed by atoms with Crippen molar-refractivity contribution in [2.75, 3.05) is 37.7 Å². The van der Waals surface area contributed by atoms with Crippen molar-refractivity contribution in [3.05, 3.63) is 53.6 Å².